The number of amides is 1. The Bertz CT molecular complexity index is 1550. The molecule has 0 aromatic heterocycles. The molecule has 1 amide bonds. The van der Waals surface area contributed by atoms with E-state index in [1.54, 1.807) is 0 Å². The van der Waals surface area contributed by atoms with Crippen LogP contribution in [0.15, 0.2) is 97.2 Å². The highest BCUT2D eigenvalue weighted by molar-refractivity contribution is 7.47. The van der Waals surface area contributed by atoms with Crippen molar-refractivity contribution in [3.63, 3.8) is 0 Å². The van der Waals surface area contributed by atoms with Gasteiger partial charge in [0, 0.05) is 12.8 Å². The second kappa shape index (κ2) is 51.7. The summed E-state index contributed by atoms with van der Waals surface area (Å²) in [7, 11) is -4.79. The van der Waals surface area contributed by atoms with Gasteiger partial charge in [-0.15, -0.1) is 0 Å². The highest BCUT2D eigenvalue weighted by Crippen LogP contribution is 2.43. The van der Waals surface area contributed by atoms with Gasteiger partial charge in [-0.2, -0.15) is 0 Å². The van der Waals surface area contributed by atoms with Gasteiger partial charge < -0.3 is 25.2 Å². The quantitative estimate of drug-likeness (QED) is 0.0199. The Balaban J connectivity index is 3.90. The number of hydrogen-bond acceptors (Lipinski definition) is 8. The molecular weight excluding hydrogens is 902 g/mol. The number of ether oxygens (including phenoxy) is 1. The zero-order valence-corrected chi connectivity index (χ0v) is 44.7. The molecule has 3 unspecified atom stereocenters. The van der Waals surface area contributed by atoms with E-state index < -0.39 is 57.6 Å². The molecule has 0 aliphatic heterocycles. The van der Waals surface area contributed by atoms with Crippen LogP contribution in [0, 0.1) is 0 Å². The molecule has 70 heavy (non-hydrogen) atoms. The molecule has 0 radical (unpaired) electrons. The van der Waals surface area contributed by atoms with E-state index in [0.29, 0.717) is 19.3 Å². The SMILES string of the molecule is CC/C=C\C/C=C\C/C=C\C/C=C\C/C=C\C/C=C\C/C=C\CCCC(=O)NC(COP(=O)(O)OCC(O)COC(=O)CCCCCCCCCCCCCCC/C=C/CCCCCCCC)C(=O)O. The van der Waals surface area contributed by atoms with Crippen molar-refractivity contribution >= 4 is 25.7 Å². The first kappa shape index (κ1) is 66.4. The van der Waals surface area contributed by atoms with Crippen molar-refractivity contribution in [1.29, 1.82) is 0 Å². The predicted octanol–water partition coefficient (Wildman–Crippen LogP) is 15.6. The van der Waals surface area contributed by atoms with E-state index in [1.165, 1.54) is 109 Å². The summed E-state index contributed by atoms with van der Waals surface area (Å²) in [5.41, 5.74) is 0. The molecule has 4 N–H and O–H groups in total. The number of allylic oxidation sites excluding steroid dienone is 16. The van der Waals surface area contributed by atoms with Crippen molar-refractivity contribution in [3.05, 3.63) is 97.2 Å². The van der Waals surface area contributed by atoms with Crippen LogP contribution >= 0.6 is 7.82 Å². The Morgan fingerprint density at radius 1 is 0.471 bits per heavy atom. The Hall–Kier alpha value is -3.60. The number of aliphatic carboxylic acids is 1. The number of carbonyl (C=O) groups excluding carboxylic acids is 2. The van der Waals surface area contributed by atoms with E-state index in [2.05, 4.69) is 104 Å². The van der Waals surface area contributed by atoms with Crippen LogP contribution < -0.4 is 5.32 Å². The minimum absolute atomic E-state index is 0.0602. The lowest BCUT2D eigenvalue weighted by Gasteiger charge is -2.18. The average Bonchev–Trinajstić information content (AvgIpc) is 3.34. The highest BCUT2D eigenvalue weighted by Gasteiger charge is 2.28. The van der Waals surface area contributed by atoms with E-state index in [0.717, 1.165) is 64.2 Å². The molecule has 0 aliphatic carbocycles. The zero-order valence-electron chi connectivity index (χ0n) is 43.8. The Kier molecular flexibility index (Phi) is 49.1. The number of hydrogen-bond donors (Lipinski definition) is 4. The molecule has 400 valence electrons. The number of nitrogens with one attached hydrogen (secondary N) is 1. The first-order valence-corrected chi connectivity index (χ1v) is 28.8. The Morgan fingerprint density at radius 2 is 0.843 bits per heavy atom. The summed E-state index contributed by atoms with van der Waals surface area (Å²) < 4.78 is 27.0. The Labute approximate surface area is 425 Å². The number of phosphoric acid groups is 1. The van der Waals surface area contributed by atoms with Crippen molar-refractivity contribution in [3.8, 4) is 0 Å². The van der Waals surface area contributed by atoms with Crippen LogP contribution in [0.3, 0.4) is 0 Å². The lowest BCUT2D eigenvalue weighted by Crippen LogP contribution is -2.43. The van der Waals surface area contributed by atoms with Crippen molar-refractivity contribution in [2.24, 2.45) is 0 Å². The third-order valence-corrected chi connectivity index (χ3v) is 12.3. The lowest BCUT2D eigenvalue weighted by molar-refractivity contribution is -0.147. The van der Waals surface area contributed by atoms with Crippen LogP contribution in [0.2, 0.25) is 0 Å². The topological polar surface area (TPSA) is 169 Å². The van der Waals surface area contributed by atoms with Gasteiger partial charge in [-0.3, -0.25) is 18.6 Å². The molecule has 12 heteroatoms. The normalized spacial score (nSPS) is 14.2. The molecule has 0 aliphatic rings. The fourth-order valence-corrected chi connectivity index (χ4v) is 7.95. The molecule has 0 fully saturated rings. The van der Waals surface area contributed by atoms with Gasteiger partial charge in [-0.25, -0.2) is 9.36 Å². The number of esters is 1. The summed E-state index contributed by atoms with van der Waals surface area (Å²) in [5, 5.41) is 21.9. The predicted molar refractivity (Wildman–Crippen MR) is 290 cm³/mol. The van der Waals surface area contributed by atoms with E-state index in [1.807, 2.05) is 12.2 Å². The summed E-state index contributed by atoms with van der Waals surface area (Å²) in [6, 6.07) is -1.59. The standard InChI is InChI=1S/C58H98NO10P/c1-3-5-7-9-11-13-15-17-19-21-23-25-27-29-31-33-35-37-39-41-43-45-47-49-56(61)59-55(58(63)64)53-69-70(65,66)68-52-54(60)51-67-57(62)50-48-46-44-42-40-38-36-34-32-30-28-26-24-22-20-18-16-14-12-10-8-6-4-2/h5,7,11,13,17-20,23,25,29,31,35,37,41,43,54-55,60H,3-4,6,8-10,12,14-16,21-22,24,26-28,30,32-34,36,38-40,42,44-53H2,1-2H3,(H,59,61)(H,63,64)(H,65,66)/b7-5-,13-11-,19-17-,20-18+,25-23-,31-29-,37-35-,43-41-. The van der Waals surface area contributed by atoms with Crippen molar-refractivity contribution < 1.29 is 47.8 Å². The average molecular weight is 1000 g/mol. The molecule has 0 saturated heterocycles. The van der Waals surface area contributed by atoms with Crippen LogP contribution in [0.5, 0.6) is 0 Å². The largest absolute Gasteiger partial charge is 0.480 e. The lowest BCUT2D eigenvalue weighted by atomic mass is 10.0. The number of aliphatic hydroxyl groups excluding tert-OH is 1. The summed E-state index contributed by atoms with van der Waals surface area (Å²) in [4.78, 5) is 46.2. The molecule has 0 bridgehead atoms. The summed E-state index contributed by atoms with van der Waals surface area (Å²) >= 11 is 0. The second-order valence-electron chi connectivity index (χ2n) is 18.0. The molecule has 0 aromatic carbocycles. The van der Waals surface area contributed by atoms with Gasteiger partial charge in [0.05, 0.1) is 13.2 Å². The second-order valence-corrected chi connectivity index (χ2v) is 19.5. The van der Waals surface area contributed by atoms with Gasteiger partial charge in [0.15, 0.2) is 6.04 Å². The highest BCUT2D eigenvalue weighted by atomic mass is 31.2. The maximum atomic E-state index is 12.4. The van der Waals surface area contributed by atoms with Crippen molar-refractivity contribution in [2.45, 2.75) is 231 Å². The van der Waals surface area contributed by atoms with Gasteiger partial charge in [0.25, 0.3) is 0 Å². The van der Waals surface area contributed by atoms with Crippen LogP contribution in [-0.4, -0.2) is 64.9 Å². The number of carbonyl (C=O) groups is 3. The van der Waals surface area contributed by atoms with Crippen LogP contribution in [0.4, 0.5) is 0 Å². The van der Waals surface area contributed by atoms with Gasteiger partial charge >= 0.3 is 19.8 Å². The number of rotatable bonds is 50. The summed E-state index contributed by atoms with van der Waals surface area (Å²) in [5.74, 6) is -2.46. The maximum Gasteiger partial charge on any atom is 0.472 e. The van der Waals surface area contributed by atoms with E-state index in [-0.39, 0.29) is 12.8 Å². The van der Waals surface area contributed by atoms with Gasteiger partial charge in [-0.1, -0.05) is 214 Å². The van der Waals surface area contributed by atoms with Crippen LogP contribution in [0.1, 0.15) is 219 Å². The van der Waals surface area contributed by atoms with Crippen LogP contribution in [0.25, 0.3) is 0 Å². The molecule has 3 atom stereocenters. The molecule has 0 aromatic rings. The number of aliphatic hydroxyl groups is 1. The van der Waals surface area contributed by atoms with Crippen molar-refractivity contribution in [2.75, 3.05) is 19.8 Å². The number of carboxylic acids is 1. The summed E-state index contributed by atoms with van der Waals surface area (Å²) in [6.45, 7) is 2.46. The molecule has 11 nitrogen and oxygen atoms in total. The molecular formula is C58H98NO10P. The first-order chi connectivity index (χ1) is 34.1. The molecule has 0 saturated carbocycles. The van der Waals surface area contributed by atoms with Gasteiger partial charge in [0.2, 0.25) is 5.91 Å². The minimum Gasteiger partial charge on any atom is -0.480 e. The minimum atomic E-state index is -4.79. The first-order valence-electron chi connectivity index (χ1n) is 27.3. The molecule has 0 rings (SSSR count). The van der Waals surface area contributed by atoms with Gasteiger partial charge in [0.1, 0.15) is 12.7 Å². The van der Waals surface area contributed by atoms with Gasteiger partial charge in [-0.05, 0) is 89.9 Å². The monoisotopic (exact) mass is 1000 g/mol. The Morgan fingerprint density at radius 3 is 1.29 bits per heavy atom. The number of phosphoric ester groups is 1. The molecule has 0 heterocycles. The fourth-order valence-electron chi connectivity index (χ4n) is 7.18. The third kappa shape index (κ3) is 50.8. The third-order valence-electron chi connectivity index (χ3n) is 11.4. The fraction of sp³-hybridized carbons (Fsp3) is 0.672. The van der Waals surface area contributed by atoms with Crippen molar-refractivity contribution in [1.82, 2.24) is 5.32 Å². The van der Waals surface area contributed by atoms with Crippen LogP contribution in [-0.2, 0) is 32.7 Å². The smallest absolute Gasteiger partial charge is 0.472 e. The maximum absolute atomic E-state index is 12.4. The number of unbranched alkanes of at least 4 members (excludes halogenated alkanes) is 20. The van der Waals surface area contributed by atoms with E-state index >= 15 is 0 Å². The van der Waals surface area contributed by atoms with E-state index in [9.17, 15) is 34.1 Å². The molecule has 0 spiro atoms. The van der Waals surface area contributed by atoms with E-state index in [4.69, 9.17) is 13.8 Å². The zero-order chi connectivity index (χ0) is 51.3. The summed E-state index contributed by atoms with van der Waals surface area (Å²) in [6.07, 6.45) is 67.3. The number of carboxylic acid groups (broad SMARTS) is 1.